The Labute approximate surface area is 116 Å². The molecule has 2 rings (SSSR count). The normalized spacial score (nSPS) is 20.8. The molecular formula is C13H18N2O5. The first-order valence-electron chi connectivity index (χ1n) is 6.47. The molecule has 1 aliphatic heterocycles. The van der Waals surface area contributed by atoms with Crippen LogP contribution in [0.5, 0.6) is 0 Å². The first-order valence-corrected chi connectivity index (χ1v) is 6.47. The second kappa shape index (κ2) is 5.62. The van der Waals surface area contributed by atoms with Crippen LogP contribution in [0.15, 0.2) is 4.52 Å². The van der Waals surface area contributed by atoms with Crippen LogP contribution in [0.25, 0.3) is 0 Å². The third-order valence-corrected chi connectivity index (χ3v) is 3.55. The van der Waals surface area contributed by atoms with Gasteiger partial charge in [-0.25, -0.2) is 4.79 Å². The highest BCUT2D eigenvalue weighted by Gasteiger charge is 2.33. The van der Waals surface area contributed by atoms with Gasteiger partial charge in [-0.2, -0.15) is 0 Å². The van der Waals surface area contributed by atoms with Crippen LogP contribution in [0.1, 0.15) is 29.9 Å². The number of morpholine rings is 1. The Bertz CT molecular complexity index is 505. The van der Waals surface area contributed by atoms with Gasteiger partial charge in [0.25, 0.3) is 0 Å². The zero-order valence-corrected chi connectivity index (χ0v) is 11.8. The predicted molar refractivity (Wildman–Crippen MR) is 68.3 cm³/mol. The maximum Gasteiger partial charge on any atom is 0.334 e. The Morgan fingerprint density at radius 2 is 2.15 bits per heavy atom. The highest BCUT2D eigenvalue weighted by Crippen LogP contribution is 2.25. The quantitative estimate of drug-likeness (QED) is 0.877. The summed E-state index contributed by atoms with van der Waals surface area (Å²) in [6.07, 6.45) is -0.954. The van der Waals surface area contributed by atoms with Crippen molar-refractivity contribution >= 4 is 11.9 Å². The second-order valence-corrected chi connectivity index (χ2v) is 4.94. The number of hydrogen-bond acceptors (Lipinski definition) is 5. The van der Waals surface area contributed by atoms with Crippen molar-refractivity contribution in [1.82, 2.24) is 10.1 Å². The minimum absolute atomic E-state index is 0.0713. The molecule has 20 heavy (non-hydrogen) atoms. The topological polar surface area (TPSA) is 92.9 Å². The van der Waals surface area contributed by atoms with Crippen molar-refractivity contribution < 1.29 is 24.0 Å². The summed E-state index contributed by atoms with van der Waals surface area (Å²) in [5.41, 5.74) is 1.46. The molecule has 7 heteroatoms. The van der Waals surface area contributed by atoms with Crippen molar-refractivity contribution in [2.45, 2.75) is 32.8 Å². The van der Waals surface area contributed by atoms with Gasteiger partial charge in [0.2, 0.25) is 5.91 Å². The van der Waals surface area contributed by atoms with Crippen LogP contribution in [0.3, 0.4) is 0 Å². The van der Waals surface area contributed by atoms with E-state index in [0.717, 1.165) is 5.56 Å². The van der Waals surface area contributed by atoms with Crippen LogP contribution in [-0.4, -0.2) is 52.8 Å². The molecule has 110 valence electrons. The van der Waals surface area contributed by atoms with E-state index in [1.165, 1.54) is 4.90 Å². The lowest BCUT2D eigenvalue weighted by molar-refractivity contribution is -0.159. The van der Waals surface area contributed by atoms with Gasteiger partial charge >= 0.3 is 5.97 Å². The number of carboxylic acid groups (broad SMARTS) is 1. The minimum atomic E-state index is -1.05. The van der Waals surface area contributed by atoms with Gasteiger partial charge in [-0.3, -0.25) is 4.79 Å². The lowest BCUT2D eigenvalue weighted by Gasteiger charge is -2.32. The van der Waals surface area contributed by atoms with Gasteiger partial charge in [-0.1, -0.05) is 5.16 Å². The average molecular weight is 282 g/mol. The van der Waals surface area contributed by atoms with Crippen molar-refractivity contribution in [1.29, 1.82) is 0 Å². The predicted octanol–water partition coefficient (Wildman–Crippen LogP) is 0.707. The summed E-state index contributed by atoms with van der Waals surface area (Å²) in [4.78, 5) is 24.9. The number of nitrogens with zero attached hydrogens (tertiary/aromatic N) is 2. The third-order valence-electron chi connectivity index (χ3n) is 3.55. The molecule has 1 saturated heterocycles. The summed E-state index contributed by atoms with van der Waals surface area (Å²) in [7, 11) is 0. The number of rotatable bonds is 3. The molecule has 1 fully saturated rings. The Balaban J connectivity index is 2.13. The summed E-state index contributed by atoms with van der Waals surface area (Å²) in [6.45, 7) is 6.03. The molecule has 0 bridgehead atoms. The summed E-state index contributed by atoms with van der Waals surface area (Å²) < 4.78 is 10.2. The van der Waals surface area contributed by atoms with E-state index in [-0.39, 0.29) is 19.1 Å². The average Bonchev–Trinajstić information content (AvgIpc) is 2.76. The number of hydrogen-bond donors (Lipinski definition) is 1. The molecule has 1 aromatic rings. The summed E-state index contributed by atoms with van der Waals surface area (Å²) in [5, 5.41) is 12.8. The highest BCUT2D eigenvalue weighted by atomic mass is 16.5. The van der Waals surface area contributed by atoms with E-state index in [9.17, 15) is 9.59 Å². The van der Waals surface area contributed by atoms with Crippen molar-refractivity contribution in [3.63, 3.8) is 0 Å². The Kier molecular flexibility index (Phi) is 4.08. The summed E-state index contributed by atoms with van der Waals surface area (Å²) in [5.74, 6) is -0.971. The lowest BCUT2D eigenvalue weighted by atomic mass is 9.97. The van der Waals surface area contributed by atoms with Crippen molar-refractivity contribution in [3.05, 3.63) is 17.0 Å². The molecule has 7 nitrogen and oxygen atoms in total. The van der Waals surface area contributed by atoms with Crippen LogP contribution < -0.4 is 0 Å². The number of ether oxygens (including phenoxy) is 1. The highest BCUT2D eigenvalue weighted by molar-refractivity contribution is 5.84. The van der Waals surface area contributed by atoms with Gasteiger partial charge in [-0.05, 0) is 20.8 Å². The molecule has 2 atom stereocenters. The first kappa shape index (κ1) is 14.5. The van der Waals surface area contributed by atoms with Crippen LogP contribution in [-0.2, 0) is 14.3 Å². The molecule has 2 heterocycles. The molecule has 0 radical (unpaired) electrons. The maximum absolute atomic E-state index is 12.5. The molecule has 0 saturated carbocycles. The number of aliphatic carboxylic acids is 1. The number of carbonyl (C=O) groups is 2. The van der Waals surface area contributed by atoms with E-state index >= 15 is 0 Å². The van der Waals surface area contributed by atoms with E-state index in [1.807, 2.05) is 0 Å². The molecule has 1 aromatic heterocycles. The Morgan fingerprint density at radius 1 is 1.45 bits per heavy atom. The molecule has 1 N–H and O–H groups in total. The standard InChI is InChI=1S/C13H18N2O5/c1-7(11-8(2)14-20-9(11)3)12(16)15-4-5-19-10(6-15)13(17)18/h7,10H,4-6H2,1-3H3,(H,17,18). The Hall–Kier alpha value is -1.89. The summed E-state index contributed by atoms with van der Waals surface area (Å²) in [6, 6.07) is 0. The van der Waals surface area contributed by atoms with E-state index in [1.54, 1.807) is 20.8 Å². The maximum atomic E-state index is 12.5. The third kappa shape index (κ3) is 2.67. The molecule has 0 aromatic carbocycles. The molecule has 2 unspecified atom stereocenters. The number of carboxylic acids is 1. The number of aryl methyl sites for hydroxylation is 2. The number of carbonyl (C=O) groups excluding carboxylic acids is 1. The van der Waals surface area contributed by atoms with Gasteiger partial charge < -0.3 is 19.3 Å². The van der Waals surface area contributed by atoms with Crippen molar-refractivity contribution in [2.75, 3.05) is 19.7 Å². The lowest BCUT2D eigenvalue weighted by Crippen LogP contribution is -2.49. The van der Waals surface area contributed by atoms with Crippen LogP contribution in [0, 0.1) is 13.8 Å². The van der Waals surface area contributed by atoms with Crippen LogP contribution >= 0.6 is 0 Å². The Morgan fingerprint density at radius 3 is 2.70 bits per heavy atom. The fourth-order valence-corrected chi connectivity index (χ4v) is 2.50. The van der Waals surface area contributed by atoms with Crippen molar-refractivity contribution in [3.8, 4) is 0 Å². The minimum Gasteiger partial charge on any atom is -0.479 e. The summed E-state index contributed by atoms with van der Waals surface area (Å²) >= 11 is 0. The largest absolute Gasteiger partial charge is 0.479 e. The number of aromatic nitrogens is 1. The number of amides is 1. The fraction of sp³-hybridized carbons (Fsp3) is 0.615. The molecular weight excluding hydrogens is 264 g/mol. The molecule has 0 aliphatic carbocycles. The SMILES string of the molecule is Cc1noc(C)c1C(C)C(=O)N1CCOC(C(=O)O)C1. The monoisotopic (exact) mass is 282 g/mol. The van der Waals surface area contributed by atoms with Gasteiger partial charge in [0.15, 0.2) is 6.10 Å². The van der Waals surface area contributed by atoms with Gasteiger partial charge in [0.1, 0.15) is 5.76 Å². The van der Waals surface area contributed by atoms with Crippen molar-refractivity contribution in [2.24, 2.45) is 0 Å². The van der Waals surface area contributed by atoms with Gasteiger partial charge in [0, 0.05) is 12.1 Å². The molecule has 1 aliphatic rings. The van der Waals surface area contributed by atoms with E-state index in [0.29, 0.717) is 18.0 Å². The van der Waals surface area contributed by atoms with Gasteiger partial charge in [0.05, 0.1) is 24.8 Å². The van der Waals surface area contributed by atoms with E-state index in [2.05, 4.69) is 5.16 Å². The second-order valence-electron chi connectivity index (χ2n) is 4.94. The molecule has 1 amide bonds. The van der Waals surface area contributed by atoms with Gasteiger partial charge in [-0.15, -0.1) is 0 Å². The van der Waals surface area contributed by atoms with Crippen LogP contribution in [0.4, 0.5) is 0 Å². The smallest absolute Gasteiger partial charge is 0.334 e. The zero-order valence-electron chi connectivity index (χ0n) is 11.8. The van der Waals surface area contributed by atoms with E-state index < -0.39 is 18.0 Å². The fourth-order valence-electron chi connectivity index (χ4n) is 2.50. The van der Waals surface area contributed by atoms with Crippen LogP contribution in [0.2, 0.25) is 0 Å². The first-order chi connectivity index (χ1) is 9.41. The molecule has 0 spiro atoms. The van der Waals surface area contributed by atoms with E-state index in [4.69, 9.17) is 14.4 Å². The zero-order chi connectivity index (χ0) is 14.9.